The summed E-state index contributed by atoms with van der Waals surface area (Å²) in [4.78, 5) is 9.25. The zero-order valence-corrected chi connectivity index (χ0v) is 12.4. The van der Waals surface area contributed by atoms with Crippen molar-refractivity contribution < 1.29 is 4.74 Å². The average molecular weight is 281 g/mol. The molecule has 0 amide bonds. The summed E-state index contributed by atoms with van der Waals surface area (Å²) >= 11 is 6.19. The van der Waals surface area contributed by atoms with Gasteiger partial charge in [-0.15, -0.1) is 0 Å². The maximum Gasteiger partial charge on any atom is 0.162 e. The smallest absolute Gasteiger partial charge is 0.162 e. The second-order valence-electron chi connectivity index (χ2n) is 6.11. The molecule has 4 heteroatoms. The molecule has 0 N–H and O–H groups in total. The van der Waals surface area contributed by atoms with Crippen LogP contribution in [-0.2, 0) is 10.3 Å². The van der Waals surface area contributed by atoms with Crippen LogP contribution in [0.1, 0.15) is 62.9 Å². The molecule has 3 nitrogen and oxygen atoms in total. The van der Waals surface area contributed by atoms with Crippen LogP contribution in [0.15, 0.2) is 6.07 Å². The first-order valence-corrected chi connectivity index (χ1v) is 7.61. The van der Waals surface area contributed by atoms with Crippen LogP contribution >= 0.6 is 11.6 Å². The Morgan fingerprint density at radius 1 is 1.32 bits per heavy atom. The van der Waals surface area contributed by atoms with Gasteiger partial charge in [-0.1, -0.05) is 24.9 Å². The van der Waals surface area contributed by atoms with Crippen molar-refractivity contribution in [2.24, 2.45) is 5.92 Å². The van der Waals surface area contributed by atoms with Gasteiger partial charge in [0.25, 0.3) is 0 Å². The summed E-state index contributed by atoms with van der Waals surface area (Å²) in [6.45, 7) is 2.28. The van der Waals surface area contributed by atoms with Crippen LogP contribution in [0.25, 0.3) is 0 Å². The number of ether oxygens (including phenoxy) is 1. The van der Waals surface area contributed by atoms with E-state index in [2.05, 4.69) is 11.9 Å². The molecular weight excluding hydrogens is 260 g/mol. The Kier molecular flexibility index (Phi) is 3.52. The molecule has 0 spiro atoms. The van der Waals surface area contributed by atoms with E-state index in [-0.39, 0.29) is 5.60 Å². The van der Waals surface area contributed by atoms with Gasteiger partial charge < -0.3 is 4.74 Å². The predicted octanol–water partition coefficient (Wildman–Crippen LogP) is 4.06. The first kappa shape index (κ1) is 13.3. The van der Waals surface area contributed by atoms with Crippen LogP contribution in [0, 0.1) is 5.92 Å². The number of aromatic nitrogens is 2. The van der Waals surface area contributed by atoms with Crippen LogP contribution < -0.4 is 0 Å². The molecule has 2 aliphatic carbocycles. The van der Waals surface area contributed by atoms with Gasteiger partial charge in [-0.05, 0) is 44.1 Å². The van der Waals surface area contributed by atoms with Crippen LogP contribution in [0.4, 0.5) is 0 Å². The molecule has 0 aliphatic heterocycles. The van der Waals surface area contributed by atoms with Crippen molar-refractivity contribution >= 4 is 11.6 Å². The van der Waals surface area contributed by atoms with E-state index in [1.165, 1.54) is 25.7 Å². The fourth-order valence-corrected chi connectivity index (χ4v) is 3.40. The predicted molar refractivity (Wildman–Crippen MR) is 75.3 cm³/mol. The highest BCUT2D eigenvalue weighted by Crippen LogP contribution is 2.44. The molecule has 1 aromatic rings. The first-order valence-electron chi connectivity index (χ1n) is 7.23. The monoisotopic (exact) mass is 280 g/mol. The highest BCUT2D eigenvalue weighted by Gasteiger charge is 2.40. The van der Waals surface area contributed by atoms with E-state index in [9.17, 15) is 0 Å². The van der Waals surface area contributed by atoms with Gasteiger partial charge >= 0.3 is 0 Å². The first-order chi connectivity index (χ1) is 9.13. The molecule has 3 rings (SSSR count). The molecule has 1 heterocycles. The lowest BCUT2D eigenvalue weighted by Gasteiger charge is -2.37. The van der Waals surface area contributed by atoms with Gasteiger partial charge in [0.1, 0.15) is 10.8 Å². The van der Waals surface area contributed by atoms with E-state index in [4.69, 9.17) is 21.3 Å². The number of hydrogen-bond donors (Lipinski definition) is 0. The van der Waals surface area contributed by atoms with Gasteiger partial charge in [0.05, 0.1) is 0 Å². The standard InChI is InChI=1S/C15H21ClN2O/c1-10-4-3-7-15(9-10,19-2)14-17-12(11-5-6-11)8-13(16)18-14/h8,10-11H,3-7,9H2,1-2H3. The van der Waals surface area contributed by atoms with Crippen LogP contribution in [0.3, 0.4) is 0 Å². The van der Waals surface area contributed by atoms with Gasteiger partial charge in [-0.3, -0.25) is 0 Å². The number of rotatable bonds is 3. The van der Waals surface area contributed by atoms with Gasteiger partial charge in [0.2, 0.25) is 0 Å². The van der Waals surface area contributed by atoms with Crippen molar-refractivity contribution in [2.45, 2.75) is 57.0 Å². The van der Waals surface area contributed by atoms with Gasteiger partial charge in [-0.25, -0.2) is 9.97 Å². The third kappa shape index (κ3) is 2.63. The molecule has 2 aliphatic rings. The topological polar surface area (TPSA) is 35.0 Å². The van der Waals surface area contributed by atoms with E-state index in [1.54, 1.807) is 7.11 Å². The van der Waals surface area contributed by atoms with E-state index < -0.39 is 0 Å². The van der Waals surface area contributed by atoms with Crippen molar-refractivity contribution in [2.75, 3.05) is 7.11 Å². The summed E-state index contributed by atoms with van der Waals surface area (Å²) in [5, 5.41) is 0.557. The average Bonchev–Trinajstić information content (AvgIpc) is 3.22. The number of hydrogen-bond acceptors (Lipinski definition) is 3. The zero-order chi connectivity index (χ0) is 13.5. The lowest BCUT2D eigenvalue weighted by atomic mass is 9.78. The summed E-state index contributed by atoms with van der Waals surface area (Å²) < 4.78 is 5.86. The second kappa shape index (κ2) is 5.02. The maximum absolute atomic E-state index is 6.19. The van der Waals surface area contributed by atoms with Crippen molar-refractivity contribution in [3.63, 3.8) is 0 Å². The van der Waals surface area contributed by atoms with E-state index in [1.807, 2.05) is 6.07 Å². The quantitative estimate of drug-likeness (QED) is 0.783. The maximum atomic E-state index is 6.19. The Morgan fingerprint density at radius 2 is 2.11 bits per heavy atom. The second-order valence-corrected chi connectivity index (χ2v) is 6.50. The number of methoxy groups -OCH3 is 1. The fraction of sp³-hybridized carbons (Fsp3) is 0.733. The van der Waals surface area contributed by atoms with Crippen molar-refractivity contribution in [3.05, 3.63) is 22.7 Å². The number of halogens is 1. The SMILES string of the molecule is COC1(c2nc(Cl)cc(C3CC3)n2)CCCC(C)C1. The summed E-state index contributed by atoms with van der Waals surface area (Å²) in [6.07, 6.45) is 6.88. The zero-order valence-electron chi connectivity index (χ0n) is 11.7. The molecule has 2 saturated carbocycles. The van der Waals surface area contributed by atoms with Crippen LogP contribution in [0.2, 0.25) is 5.15 Å². The van der Waals surface area contributed by atoms with E-state index in [0.717, 1.165) is 24.4 Å². The fourth-order valence-electron chi connectivity index (χ4n) is 3.21. The molecule has 2 atom stereocenters. The molecule has 0 saturated heterocycles. The molecule has 0 bridgehead atoms. The highest BCUT2D eigenvalue weighted by atomic mass is 35.5. The highest BCUT2D eigenvalue weighted by molar-refractivity contribution is 6.29. The van der Waals surface area contributed by atoms with Gasteiger partial charge in [0.15, 0.2) is 5.82 Å². The number of nitrogens with zero attached hydrogens (tertiary/aromatic N) is 2. The largest absolute Gasteiger partial charge is 0.370 e. The minimum Gasteiger partial charge on any atom is -0.370 e. The Morgan fingerprint density at radius 3 is 2.74 bits per heavy atom. The molecular formula is C15H21ClN2O. The molecule has 0 radical (unpaired) electrons. The molecule has 2 fully saturated rings. The van der Waals surface area contributed by atoms with Crippen LogP contribution in [0.5, 0.6) is 0 Å². The molecule has 1 aromatic heterocycles. The third-order valence-corrected chi connectivity index (χ3v) is 4.66. The minimum atomic E-state index is -0.327. The molecule has 2 unspecified atom stereocenters. The van der Waals surface area contributed by atoms with Gasteiger partial charge in [-0.2, -0.15) is 0 Å². The molecule has 104 valence electrons. The minimum absolute atomic E-state index is 0.327. The summed E-state index contributed by atoms with van der Waals surface area (Å²) in [5.74, 6) is 2.05. The lowest BCUT2D eigenvalue weighted by Crippen LogP contribution is -2.36. The third-order valence-electron chi connectivity index (χ3n) is 4.46. The van der Waals surface area contributed by atoms with Crippen molar-refractivity contribution in [1.29, 1.82) is 0 Å². The normalized spacial score (nSPS) is 31.4. The Hall–Kier alpha value is -0.670. The van der Waals surface area contributed by atoms with Crippen molar-refractivity contribution in [3.8, 4) is 0 Å². The Labute approximate surface area is 119 Å². The molecule has 19 heavy (non-hydrogen) atoms. The van der Waals surface area contributed by atoms with E-state index >= 15 is 0 Å². The van der Waals surface area contributed by atoms with Gasteiger partial charge in [0, 0.05) is 18.7 Å². The van der Waals surface area contributed by atoms with E-state index in [0.29, 0.717) is 17.0 Å². The summed E-state index contributed by atoms with van der Waals surface area (Å²) in [7, 11) is 1.78. The Balaban J connectivity index is 1.98. The van der Waals surface area contributed by atoms with Crippen molar-refractivity contribution in [1.82, 2.24) is 9.97 Å². The summed E-state index contributed by atoms with van der Waals surface area (Å²) in [5.41, 5.74) is 0.774. The van der Waals surface area contributed by atoms with Crippen LogP contribution in [-0.4, -0.2) is 17.1 Å². The Bertz CT molecular complexity index is 475. The molecule has 0 aromatic carbocycles. The lowest BCUT2D eigenvalue weighted by molar-refractivity contribution is -0.0647. The summed E-state index contributed by atoms with van der Waals surface area (Å²) in [6, 6.07) is 1.92.